The number of fused-ring (bicyclic) bond motifs is 1. The van der Waals surface area contributed by atoms with Crippen LogP contribution in [0.5, 0.6) is 0 Å². The molecule has 30 heavy (non-hydrogen) atoms. The maximum atomic E-state index is 13.5. The van der Waals surface area contributed by atoms with Gasteiger partial charge in [-0.2, -0.15) is 0 Å². The zero-order valence-electron chi connectivity index (χ0n) is 16.9. The van der Waals surface area contributed by atoms with Crippen LogP contribution in [-0.2, 0) is 22.8 Å². The molecule has 3 N–H and O–H groups in total. The summed E-state index contributed by atoms with van der Waals surface area (Å²) in [5, 5.41) is 7.36. The Kier molecular flexibility index (Phi) is 8.65. The van der Waals surface area contributed by atoms with Crippen molar-refractivity contribution in [1.29, 1.82) is 0 Å². The topological polar surface area (TPSA) is 86.3 Å². The fourth-order valence-electron chi connectivity index (χ4n) is 3.03. The minimum atomic E-state index is -3.20. The van der Waals surface area contributed by atoms with Crippen molar-refractivity contribution < 1.29 is 12.8 Å². The quantitative estimate of drug-likeness (QED) is 0.241. The van der Waals surface area contributed by atoms with Gasteiger partial charge in [-0.25, -0.2) is 17.8 Å². The maximum absolute atomic E-state index is 13.5. The largest absolute Gasteiger partial charge is 0.361 e. The molecule has 1 aromatic heterocycles. The summed E-state index contributed by atoms with van der Waals surface area (Å²) in [6, 6.07) is 11.4. The molecule has 0 spiro atoms. The van der Waals surface area contributed by atoms with Gasteiger partial charge >= 0.3 is 0 Å². The predicted molar refractivity (Wildman–Crippen MR) is 130 cm³/mol. The smallest absolute Gasteiger partial charge is 0.191 e. The van der Waals surface area contributed by atoms with Crippen LogP contribution in [0, 0.1) is 5.82 Å². The Bertz CT molecular complexity index is 1110. The first-order chi connectivity index (χ1) is 13.9. The predicted octanol–water partition coefficient (Wildman–Crippen LogP) is 3.63. The highest BCUT2D eigenvalue weighted by Crippen LogP contribution is 2.19. The number of benzene rings is 2. The van der Waals surface area contributed by atoms with Gasteiger partial charge in [0.2, 0.25) is 0 Å². The van der Waals surface area contributed by atoms with E-state index in [2.05, 4.69) is 20.6 Å². The number of aromatic amines is 1. The van der Waals surface area contributed by atoms with Gasteiger partial charge < -0.3 is 15.6 Å². The van der Waals surface area contributed by atoms with E-state index >= 15 is 0 Å². The van der Waals surface area contributed by atoms with E-state index in [1.54, 1.807) is 36.4 Å². The Morgan fingerprint density at radius 3 is 2.53 bits per heavy atom. The number of hydrogen-bond acceptors (Lipinski definition) is 3. The Morgan fingerprint density at radius 2 is 1.87 bits per heavy atom. The average Bonchev–Trinajstić information content (AvgIpc) is 3.08. The van der Waals surface area contributed by atoms with E-state index in [1.165, 1.54) is 12.3 Å². The molecule has 9 heteroatoms. The minimum absolute atomic E-state index is 0. The standard InChI is InChI=1S/C21H25FN4O2S.HI/c1-3-23-21(26-13-15-4-7-18(8-5-15)29(2,27)28)24-11-10-16-14-25-20-9-6-17(22)12-19(16)20;/h4-9,12,14,25H,3,10-11,13H2,1-2H3,(H2,23,24,26);1H. The van der Waals surface area contributed by atoms with Crippen molar-refractivity contribution in [2.75, 3.05) is 19.3 Å². The first kappa shape index (κ1) is 24.1. The van der Waals surface area contributed by atoms with Crippen molar-refractivity contribution in [3.05, 3.63) is 65.6 Å². The molecular formula is C21H26FIN4O2S. The van der Waals surface area contributed by atoms with Crippen LogP contribution in [0.2, 0.25) is 0 Å². The van der Waals surface area contributed by atoms with Gasteiger partial charge in [-0.05, 0) is 54.8 Å². The highest BCUT2D eigenvalue weighted by atomic mass is 127. The van der Waals surface area contributed by atoms with Crippen LogP contribution >= 0.6 is 24.0 Å². The van der Waals surface area contributed by atoms with Crippen molar-refractivity contribution in [3.8, 4) is 0 Å². The fourth-order valence-corrected chi connectivity index (χ4v) is 3.66. The van der Waals surface area contributed by atoms with E-state index < -0.39 is 9.84 Å². The lowest BCUT2D eigenvalue weighted by molar-refractivity contribution is 0.602. The molecule has 0 aliphatic carbocycles. The van der Waals surface area contributed by atoms with E-state index in [1.807, 2.05) is 13.1 Å². The summed E-state index contributed by atoms with van der Waals surface area (Å²) in [4.78, 5) is 8.00. The number of aromatic nitrogens is 1. The van der Waals surface area contributed by atoms with Gasteiger partial charge in [0.15, 0.2) is 15.8 Å². The monoisotopic (exact) mass is 544 g/mol. The van der Waals surface area contributed by atoms with Gasteiger partial charge in [0.25, 0.3) is 0 Å². The molecule has 0 fully saturated rings. The molecule has 0 atom stereocenters. The molecule has 3 rings (SSSR count). The van der Waals surface area contributed by atoms with Crippen molar-refractivity contribution >= 4 is 50.7 Å². The third kappa shape index (κ3) is 6.43. The van der Waals surface area contributed by atoms with Gasteiger partial charge in [-0.1, -0.05) is 12.1 Å². The number of guanidine groups is 1. The van der Waals surface area contributed by atoms with Crippen LogP contribution < -0.4 is 10.6 Å². The number of sulfone groups is 1. The summed E-state index contributed by atoms with van der Waals surface area (Å²) in [6.07, 6.45) is 3.81. The van der Waals surface area contributed by atoms with Crippen LogP contribution in [0.1, 0.15) is 18.1 Å². The second kappa shape index (κ2) is 10.8. The maximum Gasteiger partial charge on any atom is 0.191 e. The molecule has 162 valence electrons. The van der Waals surface area contributed by atoms with Crippen LogP contribution in [-0.4, -0.2) is 38.7 Å². The first-order valence-electron chi connectivity index (χ1n) is 9.43. The van der Waals surface area contributed by atoms with E-state index in [9.17, 15) is 12.8 Å². The van der Waals surface area contributed by atoms with Crippen molar-refractivity contribution in [3.63, 3.8) is 0 Å². The summed E-state index contributed by atoms with van der Waals surface area (Å²) >= 11 is 0. The molecule has 0 saturated carbocycles. The van der Waals surface area contributed by atoms with E-state index in [4.69, 9.17) is 0 Å². The van der Waals surface area contributed by atoms with Gasteiger partial charge in [-0.3, -0.25) is 0 Å². The third-order valence-corrected chi connectivity index (χ3v) is 5.66. The number of rotatable bonds is 7. The molecule has 2 aromatic carbocycles. The highest BCUT2D eigenvalue weighted by Gasteiger charge is 2.07. The Labute approximate surface area is 193 Å². The second-order valence-corrected chi connectivity index (χ2v) is 8.81. The van der Waals surface area contributed by atoms with Gasteiger partial charge in [-0.15, -0.1) is 24.0 Å². The molecule has 0 aliphatic heterocycles. The Hall–Kier alpha value is -2.14. The SMILES string of the molecule is CCNC(=NCc1ccc(S(C)(=O)=O)cc1)NCCc1c[nH]c2ccc(F)cc12.I. The second-order valence-electron chi connectivity index (χ2n) is 6.79. The zero-order chi connectivity index (χ0) is 20.9. The minimum Gasteiger partial charge on any atom is -0.361 e. The van der Waals surface area contributed by atoms with Crippen LogP contribution in [0.15, 0.2) is 58.5 Å². The molecule has 3 aromatic rings. The number of halogens is 2. The normalized spacial score (nSPS) is 11.9. The van der Waals surface area contributed by atoms with Crippen molar-refractivity contribution in [2.45, 2.75) is 24.8 Å². The molecule has 0 amide bonds. The van der Waals surface area contributed by atoms with Crippen molar-refractivity contribution in [1.82, 2.24) is 15.6 Å². The summed E-state index contributed by atoms with van der Waals surface area (Å²) in [7, 11) is -3.20. The zero-order valence-corrected chi connectivity index (χ0v) is 20.1. The first-order valence-corrected chi connectivity index (χ1v) is 11.3. The van der Waals surface area contributed by atoms with Crippen LogP contribution in [0.4, 0.5) is 4.39 Å². The third-order valence-electron chi connectivity index (χ3n) is 4.53. The Balaban J connectivity index is 0.00000320. The number of H-pyrrole nitrogens is 1. The molecule has 0 unspecified atom stereocenters. The highest BCUT2D eigenvalue weighted by molar-refractivity contribution is 14.0. The van der Waals surface area contributed by atoms with Gasteiger partial charge in [0, 0.05) is 36.4 Å². The molecule has 0 aliphatic rings. The van der Waals surface area contributed by atoms with Crippen molar-refractivity contribution in [2.24, 2.45) is 4.99 Å². The molecular weight excluding hydrogens is 518 g/mol. The number of nitrogens with zero attached hydrogens (tertiary/aromatic N) is 1. The van der Waals surface area contributed by atoms with Gasteiger partial charge in [0.05, 0.1) is 11.4 Å². The fraction of sp³-hybridized carbons (Fsp3) is 0.286. The molecule has 1 heterocycles. The number of nitrogens with one attached hydrogen (secondary N) is 3. The lowest BCUT2D eigenvalue weighted by atomic mass is 10.1. The van der Waals surface area contributed by atoms with E-state index in [-0.39, 0.29) is 29.8 Å². The average molecular weight is 544 g/mol. The summed E-state index contributed by atoms with van der Waals surface area (Å²) < 4.78 is 36.6. The molecule has 0 bridgehead atoms. The Morgan fingerprint density at radius 1 is 1.13 bits per heavy atom. The summed E-state index contributed by atoms with van der Waals surface area (Å²) in [6.45, 7) is 3.78. The lowest BCUT2D eigenvalue weighted by Gasteiger charge is -2.11. The van der Waals surface area contributed by atoms with Gasteiger partial charge in [0.1, 0.15) is 5.82 Å². The summed E-state index contributed by atoms with van der Waals surface area (Å²) in [5.41, 5.74) is 2.88. The van der Waals surface area contributed by atoms with Crippen LogP contribution in [0.3, 0.4) is 0 Å². The van der Waals surface area contributed by atoms with E-state index in [0.29, 0.717) is 23.9 Å². The van der Waals surface area contributed by atoms with Crippen LogP contribution in [0.25, 0.3) is 10.9 Å². The lowest BCUT2D eigenvalue weighted by Crippen LogP contribution is -2.38. The molecule has 6 nitrogen and oxygen atoms in total. The molecule has 0 radical (unpaired) electrons. The summed E-state index contributed by atoms with van der Waals surface area (Å²) in [5.74, 6) is 0.425. The molecule has 0 saturated heterocycles. The number of hydrogen-bond donors (Lipinski definition) is 3. The number of aliphatic imine (C=N–C) groups is 1. The van der Waals surface area contributed by atoms with E-state index in [0.717, 1.165) is 35.0 Å².